The van der Waals surface area contributed by atoms with Crippen molar-refractivity contribution in [1.82, 2.24) is 15.5 Å². The minimum Gasteiger partial charge on any atom is -0.444 e. The van der Waals surface area contributed by atoms with Crippen LogP contribution in [0, 0.1) is 19.8 Å². The molecule has 36 heavy (non-hydrogen) atoms. The summed E-state index contributed by atoms with van der Waals surface area (Å²) in [5.41, 5.74) is 1.50. The highest BCUT2D eigenvalue weighted by molar-refractivity contribution is 5.92. The Balaban J connectivity index is 3.52. The largest absolute Gasteiger partial charge is 0.444 e. The van der Waals surface area contributed by atoms with Crippen LogP contribution in [-0.4, -0.2) is 46.5 Å². The summed E-state index contributed by atoms with van der Waals surface area (Å²) in [4.78, 5) is 42.1. The van der Waals surface area contributed by atoms with Gasteiger partial charge in [0.25, 0.3) is 0 Å². The van der Waals surface area contributed by atoms with Gasteiger partial charge in [0.05, 0.1) is 0 Å². The van der Waals surface area contributed by atoms with E-state index in [2.05, 4.69) is 17.6 Å². The predicted octanol–water partition coefficient (Wildman–Crippen LogP) is 5.83. The van der Waals surface area contributed by atoms with Crippen molar-refractivity contribution in [3.63, 3.8) is 0 Å². The maximum absolute atomic E-state index is 14.2. The maximum atomic E-state index is 14.2. The van der Waals surface area contributed by atoms with Crippen LogP contribution in [0.1, 0.15) is 104 Å². The number of rotatable bonds is 10. The Morgan fingerprint density at radius 3 is 2.06 bits per heavy atom. The summed E-state index contributed by atoms with van der Waals surface area (Å²) >= 11 is 0. The van der Waals surface area contributed by atoms with Crippen molar-refractivity contribution < 1.29 is 19.1 Å². The van der Waals surface area contributed by atoms with Gasteiger partial charge in [0.2, 0.25) is 11.8 Å². The molecule has 0 fully saturated rings. The molecule has 1 aromatic rings. The van der Waals surface area contributed by atoms with E-state index in [0.717, 1.165) is 36.0 Å². The molecule has 7 nitrogen and oxygen atoms in total. The second kappa shape index (κ2) is 13.1. The highest BCUT2D eigenvalue weighted by Crippen LogP contribution is 2.32. The van der Waals surface area contributed by atoms with Gasteiger partial charge in [-0.05, 0) is 84.4 Å². The van der Waals surface area contributed by atoms with Gasteiger partial charge in [-0.2, -0.15) is 0 Å². The lowest BCUT2D eigenvalue weighted by atomic mass is 9.92. The monoisotopic (exact) mass is 503 g/mol. The van der Waals surface area contributed by atoms with Crippen LogP contribution < -0.4 is 10.6 Å². The van der Waals surface area contributed by atoms with Gasteiger partial charge in [-0.3, -0.25) is 9.59 Å². The van der Waals surface area contributed by atoms with Gasteiger partial charge in [-0.15, -0.1) is 0 Å². The summed E-state index contributed by atoms with van der Waals surface area (Å²) < 4.78 is 5.43. The summed E-state index contributed by atoms with van der Waals surface area (Å²) in [6.07, 6.45) is 2.29. The molecule has 204 valence electrons. The first kappa shape index (κ1) is 31.5. The molecule has 2 unspecified atom stereocenters. The summed E-state index contributed by atoms with van der Waals surface area (Å²) in [7, 11) is 0. The number of hydrogen-bond donors (Lipinski definition) is 2. The number of amides is 3. The number of nitrogens with one attached hydrogen (secondary N) is 2. The zero-order valence-corrected chi connectivity index (χ0v) is 24.4. The minimum absolute atomic E-state index is 0.220. The third-order valence-corrected chi connectivity index (χ3v) is 6.00. The number of unbranched alkanes of at least 4 members (excludes halogenated alkanes) is 2. The molecule has 0 spiro atoms. The van der Waals surface area contributed by atoms with Gasteiger partial charge in [0, 0.05) is 12.1 Å². The molecule has 0 heterocycles. The quantitative estimate of drug-likeness (QED) is 0.393. The van der Waals surface area contributed by atoms with Crippen molar-refractivity contribution in [2.24, 2.45) is 5.92 Å². The van der Waals surface area contributed by atoms with E-state index in [9.17, 15) is 14.4 Å². The van der Waals surface area contributed by atoms with Crippen molar-refractivity contribution >= 4 is 17.9 Å². The van der Waals surface area contributed by atoms with E-state index in [1.807, 2.05) is 66.7 Å². The molecule has 0 saturated heterocycles. The molecule has 1 aromatic carbocycles. The first-order valence-electron chi connectivity index (χ1n) is 13.2. The molecule has 0 radical (unpaired) electrons. The number of aryl methyl sites for hydroxylation is 2. The van der Waals surface area contributed by atoms with Gasteiger partial charge in [0.15, 0.2) is 0 Å². The van der Waals surface area contributed by atoms with Gasteiger partial charge in [0.1, 0.15) is 17.7 Å². The highest BCUT2D eigenvalue weighted by Gasteiger charge is 2.42. The number of hydrogen-bond acceptors (Lipinski definition) is 4. The first-order chi connectivity index (χ1) is 16.5. The number of benzene rings is 1. The second-order valence-corrected chi connectivity index (χ2v) is 12.0. The molecule has 1 rings (SSSR count). The van der Waals surface area contributed by atoms with Gasteiger partial charge in [-0.25, -0.2) is 4.79 Å². The highest BCUT2D eigenvalue weighted by atomic mass is 16.6. The third-order valence-electron chi connectivity index (χ3n) is 6.00. The SMILES string of the molecule is CCCCCNC(=O)C(c1ccc(C)c(C)c1)N(C(=O)C(NC(=O)OC(C)(C)C)C(C)C)C(C)(C)C. The van der Waals surface area contributed by atoms with Crippen molar-refractivity contribution in [3.05, 3.63) is 34.9 Å². The molecule has 2 atom stereocenters. The van der Waals surface area contributed by atoms with Crippen molar-refractivity contribution in [2.75, 3.05) is 6.54 Å². The first-order valence-corrected chi connectivity index (χ1v) is 13.2. The summed E-state index contributed by atoms with van der Waals surface area (Å²) in [6.45, 7) is 21.5. The molecule has 3 amide bonds. The summed E-state index contributed by atoms with van der Waals surface area (Å²) in [6, 6.07) is 4.16. The molecule has 2 N–H and O–H groups in total. The summed E-state index contributed by atoms with van der Waals surface area (Å²) in [5.74, 6) is -0.768. The van der Waals surface area contributed by atoms with Crippen LogP contribution in [0.4, 0.5) is 4.79 Å². The smallest absolute Gasteiger partial charge is 0.408 e. The Bertz CT molecular complexity index is 897. The fraction of sp³-hybridized carbons (Fsp3) is 0.690. The topological polar surface area (TPSA) is 87.7 Å². The predicted molar refractivity (Wildman–Crippen MR) is 146 cm³/mol. The van der Waals surface area contributed by atoms with Crippen LogP contribution in [0.2, 0.25) is 0 Å². The Labute approximate surface area is 218 Å². The molecular weight excluding hydrogens is 454 g/mol. The standard InChI is InChI=1S/C29H49N3O4/c1-12-13-14-17-30-25(33)24(22-16-15-20(4)21(5)18-22)32(28(6,7)8)26(34)23(19(2)3)31-27(35)36-29(9,10)11/h15-16,18-19,23-24H,12-14,17H2,1-11H3,(H,30,33)(H,31,35). The minimum atomic E-state index is -0.860. The van der Waals surface area contributed by atoms with E-state index < -0.39 is 29.3 Å². The van der Waals surface area contributed by atoms with Gasteiger partial charge in [-0.1, -0.05) is 51.8 Å². The van der Waals surface area contributed by atoms with Crippen molar-refractivity contribution in [2.45, 2.75) is 119 Å². The fourth-order valence-electron chi connectivity index (χ4n) is 3.98. The van der Waals surface area contributed by atoms with Gasteiger partial charge < -0.3 is 20.3 Å². The number of alkyl carbamates (subject to hydrolysis) is 1. The normalized spacial score (nSPS) is 13.7. The molecule has 0 bridgehead atoms. The Hall–Kier alpha value is -2.57. The van der Waals surface area contributed by atoms with Crippen LogP contribution in [0.5, 0.6) is 0 Å². The van der Waals surface area contributed by atoms with Crippen molar-refractivity contribution in [3.8, 4) is 0 Å². The van der Waals surface area contributed by atoms with E-state index in [1.54, 1.807) is 25.7 Å². The summed E-state index contributed by atoms with van der Waals surface area (Å²) in [5, 5.41) is 5.82. The molecule has 0 aliphatic rings. The van der Waals surface area contributed by atoms with Crippen LogP contribution in [0.25, 0.3) is 0 Å². The average molecular weight is 504 g/mol. The molecule has 7 heteroatoms. The molecule has 0 aliphatic carbocycles. The molecule has 0 aromatic heterocycles. The lowest BCUT2D eigenvalue weighted by molar-refractivity contribution is -0.149. The number of nitrogens with zero attached hydrogens (tertiary/aromatic N) is 1. The maximum Gasteiger partial charge on any atom is 0.408 e. The Kier molecular flexibility index (Phi) is 11.5. The fourth-order valence-corrected chi connectivity index (χ4v) is 3.98. The average Bonchev–Trinajstić information content (AvgIpc) is 2.72. The number of ether oxygens (including phenoxy) is 1. The van der Waals surface area contributed by atoms with E-state index >= 15 is 0 Å². The molecule has 0 saturated carbocycles. The Morgan fingerprint density at radius 1 is 0.972 bits per heavy atom. The van der Waals surface area contributed by atoms with Crippen LogP contribution in [-0.2, 0) is 14.3 Å². The lowest BCUT2D eigenvalue weighted by Crippen LogP contribution is -2.59. The number of carbonyl (C=O) groups is 3. The zero-order chi connectivity index (χ0) is 27.8. The molecule has 0 aliphatic heterocycles. The van der Waals surface area contributed by atoms with Crippen LogP contribution in [0.15, 0.2) is 18.2 Å². The van der Waals surface area contributed by atoms with E-state index in [4.69, 9.17) is 4.74 Å². The van der Waals surface area contributed by atoms with Crippen molar-refractivity contribution in [1.29, 1.82) is 0 Å². The van der Waals surface area contributed by atoms with Gasteiger partial charge >= 0.3 is 6.09 Å². The third kappa shape index (κ3) is 9.47. The van der Waals surface area contributed by atoms with Crippen LogP contribution in [0.3, 0.4) is 0 Å². The van der Waals surface area contributed by atoms with E-state index in [1.165, 1.54) is 0 Å². The van der Waals surface area contributed by atoms with Crippen LogP contribution >= 0.6 is 0 Å². The van der Waals surface area contributed by atoms with E-state index in [0.29, 0.717) is 6.54 Å². The zero-order valence-electron chi connectivity index (χ0n) is 24.4. The number of carbonyl (C=O) groups excluding carboxylic acids is 3. The lowest BCUT2D eigenvalue weighted by Gasteiger charge is -2.43. The van der Waals surface area contributed by atoms with E-state index in [-0.39, 0.29) is 17.7 Å². The second-order valence-electron chi connectivity index (χ2n) is 12.0. The Morgan fingerprint density at radius 2 is 1.58 bits per heavy atom. The molecular formula is C29H49N3O4.